The highest BCUT2D eigenvalue weighted by Gasteiger charge is 2.37. The minimum Gasteiger partial charge on any atom is -0.741 e. The number of thiol groups is 1. The number of carbonyl (C=O) groups is 1. The first-order valence-electron chi connectivity index (χ1n) is 8.11. The predicted octanol–water partition coefficient (Wildman–Crippen LogP) is 2.39. The second-order valence-electron chi connectivity index (χ2n) is 6.12. The van der Waals surface area contributed by atoms with Crippen LogP contribution in [0.2, 0.25) is 0 Å². The highest BCUT2D eigenvalue weighted by molar-refractivity contribution is 7.86. The Morgan fingerprint density at radius 3 is 2.55 bits per heavy atom. The number of hydrogen-bond acceptors (Lipinski definition) is 5. The van der Waals surface area contributed by atoms with Gasteiger partial charge in [-0.2, -0.15) is 25.8 Å². The number of terminal acetylenes is 1. The van der Waals surface area contributed by atoms with Crippen molar-refractivity contribution in [3.63, 3.8) is 0 Å². The zero-order valence-electron chi connectivity index (χ0n) is 15.4. The zero-order chi connectivity index (χ0) is 22.3. The van der Waals surface area contributed by atoms with Gasteiger partial charge in [0.15, 0.2) is 10.1 Å². The summed E-state index contributed by atoms with van der Waals surface area (Å²) < 4.78 is 59.6. The van der Waals surface area contributed by atoms with Crippen LogP contribution in [0.5, 0.6) is 0 Å². The third-order valence-electron chi connectivity index (χ3n) is 3.79. The average molecular weight is 451 g/mol. The summed E-state index contributed by atoms with van der Waals surface area (Å²) in [5, 5.41) is 5.54. The molecule has 0 radical (unpaired) electrons. The summed E-state index contributed by atoms with van der Waals surface area (Å²) in [6.45, 7) is 2.07. The van der Waals surface area contributed by atoms with Gasteiger partial charge in [0, 0.05) is 29.6 Å². The van der Waals surface area contributed by atoms with Gasteiger partial charge in [-0.3, -0.25) is 4.48 Å². The third-order valence-corrected chi connectivity index (χ3v) is 4.58. The van der Waals surface area contributed by atoms with Gasteiger partial charge in [0.2, 0.25) is 0 Å². The molecule has 1 aliphatic rings. The van der Waals surface area contributed by atoms with Gasteiger partial charge in [0.05, 0.1) is 7.05 Å². The van der Waals surface area contributed by atoms with E-state index in [4.69, 9.17) is 19.4 Å². The number of hydrogen-bond donors (Lipinski definition) is 3. The van der Waals surface area contributed by atoms with Crippen molar-refractivity contribution in [2.24, 2.45) is 0 Å². The van der Waals surface area contributed by atoms with Crippen LogP contribution in [0, 0.1) is 12.3 Å². The van der Waals surface area contributed by atoms with Gasteiger partial charge in [-0.1, -0.05) is 0 Å². The Kier molecular flexibility index (Phi) is 8.58. The Balaban J connectivity index is 0.000000447. The van der Waals surface area contributed by atoms with Crippen molar-refractivity contribution in [2.75, 3.05) is 37.8 Å². The van der Waals surface area contributed by atoms with Crippen LogP contribution < -0.4 is 15.1 Å². The molecule has 0 bridgehead atoms. The predicted molar refractivity (Wildman–Crippen MR) is 108 cm³/mol. The Morgan fingerprint density at radius 2 is 2.03 bits per heavy atom. The molecule has 2 rings (SSSR count). The SMILES string of the molecule is C#CC[N+]1(C)CC=Cc2cc(NC(=O)NCCS)ccc21.O=S(=O)([O-])C(F)(F)F. The van der Waals surface area contributed by atoms with Crippen molar-refractivity contribution >= 4 is 46.2 Å². The molecule has 2 amide bonds. The molecule has 0 aliphatic carbocycles. The summed E-state index contributed by atoms with van der Waals surface area (Å²) in [5.74, 6) is 3.35. The van der Waals surface area contributed by atoms with Crippen LogP contribution in [-0.2, 0) is 10.1 Å². The van der Waals surface area contributed by atoms with E-state index in [2.05, 4.69) is 48.4 Å². The van der Waals surface area contributed by atoms with Gasteiger partial charge < -0.3 is 15.2 Å². The minimum atomic E-state index is -6.09. The summed E-state index contributed by atoms with van der Waals surface area (Å²) in [7, 11) is -3.97. The van der Waals surface area contributed by atoms with E-state index in [1.807, 2.05) is 18.2 Å². The second-order valence-corrected chi connectivity index (χ2v) is 7.94. The monoisotopic (exact) mass is 451 g/mol. The second kappa shape index (κ2) is 10.0. The van der Waals surface area contributed by atoms with Crippen LogP contribution in [-0.4, -0.2) is 56.9 Å². The molecular weight excluding hydrogens is 431 g/mol. The number of quaternary nitrogens is 1. The maximum atomic E-state index is 11.7. The molecule has 2 N–H and O–H groups in total. The third kappa shape index (κ3) is 7.28. The van der Waals surface area contributed by atoms with Crippen molar-refractivity contribution in [1.29, 1.82) is 0 Å². The van der Waals surface area contributed by atoms with Crippen LogP contribution in [0.4, 0.5) is 29.3 Å². The van der Waals surface area contributed by atoms with E-state index in [-0.39, 0.29) is 6.03 Å². The van der Waals surface area contributed by atoms with Crippen LogP contribution in [0.25, 0.3) is 6.08 Å². The molecule has 1 aromatic rings. The van der Waals surface area contributed by atoms with Gasteiger partial charge in [0.25, 0.3) is 0 Å². The number of halogens is 3. The molecule has 0 spiro atoms. The van der Waals surface area contributed by atoms with Crippen LogP contribution in [0.15, 0.2) is 24.3 Å². The van der Waals surface area contributed by atoms with E-state index in [0.29, 0.717) is 23.3 Å². The highest BCUT2D eigenvalue weighted by atomic mass is 32.2. The van der Waals surface area contributed by atoms with Crippen molar-refractivity contribution in [3.05, 3.63) is 29.8 Å². The van der Waals surface area contributed by atoms with Crippen LogP contribution in [0.3, 0.4) is 0 Å². The summed E-state index contributed by atoms with van der Waals surface area (Å²) in [6.07, 6.45) is 9.67. The van der Waals surface area contributed by atoms with E-state index in [1.54, 1.807) is 0 Å². The molecule has 0 fully saturated rings. The average Bonchev–Trinajstić information content (AvgIpc) is 2.59. The maximum Gasteiger partial charge on any atom is 0.485 e. The summed E-state index contributed by atoms with van der Waals surface area (Å²) in [6, 6.07) is 5.69. The van der Waals surface area contributed by atoms with Crippen molar-refractivity contribution < 1.29 is 30.9 Å². The summed E-state index contributed by atoms with van der Waals surface area (Å²) in [4.78, 5) is 11.7. The number of amides is 2. The fraction of sp³-hybridized carbons (Fsp3) is 0.353. The lowest BCUT2D eigenvalue weighted by Crippen LogP contribution is -2.47. The van der Waals surface area contributed by atoms with Crippen LogP contribution >= 0.6 is 12.6 Å². The number of nitrogens with one attached hydrogen (secondary N) is 2. The number of anilines is 1. The number of likely N-dealkylation sites (N-methyl/N-ethyl adjacent to an activating group) is 1. The maximum absolute atomic E-state index is 11.7. The van der Waals surface area contributed by atoms with Crippen molar-refractivity contribution in [3.8, 4) is 12.3 Å². The Labute approximate surface area is 172 Å². The first kappa shape index (κ1) is 24.8. The Morgan fingerprint density at radius 1 is 1.41 bits per heavy atom. The quantitative estimate of drug-likeness (QED) is 0.215. The standard InChI is InChI=1S/C16H19N3OS.CHF3O3S/c1-3-9-19(2)10-4-5-13-12-14(6-7-15(13)19)18-16(20)17-8-11-21;2-1(3,4)8(5,6)7/h1,4-7,12H,8-11H2,2H3,(H2-,17,18,20,21);(H,5,6,7). The Bertz CT molecular complexity index is 911. The van der Waals surface area contributed by atoms with Gasteiger partial charge in [0.1, 0.15) is 18.8 Å². The fourth-order valence-electron chi connectivity index (χ4n) is 2.46. The number of nitrogens with zero attached hydrogens (tertiary/aromatic N) is 1. The van der Waals surface area contributed by atoms with E-state index in [1.165, 1.54) is 5.69 Å². The topological polar surface area (TPSA) is 98.3 Å². The van der Waals surface area contributed by atoms with Gasteiger partial charge in [-0.15, -0.1) is 6.42 Å². The number of urea groups is 1. The first-order chi connectivity index (χ1) is 13.3. The van der Waals surface area contributed by atoms with Gasteiger partial charge in [-0.25, -0.2) is 13.2 Å². The normalized spacial score (nSPS) is 18.0. The van der Waals surface area contributed by atoms with Gasteiger partial charge >= 0.3 is 11.5 Å². The number of rotatable bonds is 4. The lowest BCUT2D eigenvalue weighted by molar-refractivity contribution is -0.0517. The summed E-state index contributed by atoms with van der Waals surface area (Å²) in [5.41, 5.74) is -2.61. The molecule has 0 saturated heterocycles. The molecular formula is C17H20F3N3O4S2. The minimum absolute atomic E-state index is 0.218. The number of benzene rings is 1. The molecule has 1 aromatic carbocycles. The number of alkyl halides is 3. The fourth-order valence-corrected chi connectivity index (χ4v) is 2.58. The van der Waals surface area contributed by atoms with E-state index >= 15 is 0 Å². The lowest BCUT2D eigenvalue weighted by Gasteiger charge is -2.34. The van der Waals surface area contributed by atoms with Crippen molar-refractivity contribution in [1.82, 2.24) is 9.80 Å². The zero-order valence-corrected chi connectivity index (χ0v) is 17.1. The molecule has 12 heteroatoms. The van der Waals surface area contributed by atoms with E-state index in [9.17, 15) is 18.0 Å². The molecule has 1 aliphatic heterocycles. The molecule has 29 heavy (non-hydrogen) atoms. The Hall–Kier alpha value is -2.20. The van der Waals surface area contributed by atoms with E-state index < -0.39 is 15.6 Å². The summed E-state index contributed by atoms with van der Waals surface area (Å²) >= 11 is 4.06. The smallest absolute Gasteiger partial charge is 0.485 e. The molecule has 160 valence electrons. The molecule has 1 unspecified atom stereocenters. The molecule has 1 atom stereocenters. The first-order valence-corrected chi connectivity index (χ1v) is 10.1. The molecule has 1 heterocycles. The van der Waals surface area contributed by atoms with Crippen molar-refractivity contribution in [2.45, 2.75) is 5.51 Å². The van der Waals surface area contributed by atoms with E-state index in [0.717, 1.165) is 17.8 Å². The highest BCUT2D eigenvalue weighted by Crippen LogP contribution is 2.32. The molecule has 7 nitrogen and oxygen atoms in total. The molecule has 0 aromatic heterocycles. The van der Waals surface area contributed by atoms with Crippen LogP contribution in [0.1, 0.15) is 5.56 Å². The number of fused-ring (bicyclic) bond motifs is 1. The number of carbonyl (C=O) groups excluding carboxylic acids is 1. The molecule has 0 saturated carbocycles. The largest absolute Gasteiger partial charge is 0.741 e. The lowest BCUT2D eigenvalue weighted by atomic mass is 10.0. The van der Waals surface area contributed by atoms with Gasteiger partial charge in [-0.05, 0) is 30.2 Å².